The van der Waals surface area contributed by atoms with E-state index in [0.717, 1.165) is 23.9 Å². The predicted molar refractivity (Wildman–Crippen MR) is 70.3 cm³/mol. The first kappa shape index (κ1) is 12.5. The quantitative estimate of drug-likeness (QED) is 0.832. The van der Waals surface area contributed by atoms with Crippen molar-refractivity contribution in [2.75, 3.05) is 6.54 Å². The lowest BCUT2D eigenvalue weighted by Crippen LogP contribution is -2.31. The summed E-state index contributed by atoms with van der Waals surface area (Å²) in [5, 5.41) is 3.47. The minimum absolute atomic E-state index is 0.529. The van der Waals surface area contributed by atoms with Gasteiger partial charge in [-0.2, -0.15) is 0 Å². The van der Waals surface area contributed by atoms with Crippen molar-refractivity contribution in [3.8, 4) is 0 Å². The SMILES string of the molecule is C=C(Br)CNC(CC)Cc1ccccc1. The maximum Gasteiger partial charge on any atom is 0.0268 e. The predicted octanol–water partition coefficient (Wildman–Crippen LogP) is 3.51. The van der Waals surface area contributed by atoms with Gasteiger partial charge in [0.2, 0.25) is 0 Å². The molecule has 82 valence electrons. The Labute approximate surface area is 101 Å². The van der Waals surface area contributed by atoms with Crippen LogP contribution in [0.1, 0.15) is 18.9 Å². The van der Waals surface area contributed by atoms with Gasteiger partial charge in [-0.15, -0.1) is 0 Å². The fourth-order valence-electron chi connectivity index (χ4n) is 1.51. The van der Waals surface area contributed by atoms with Gasteiger partial charge in [-0.25, -0.2) is 0 Å². The first-order valence-corrected chi connectivity index (χ1v) is 6.12. The molecule has 0 aliphatic carbocycles. The van der Waals surface area contributed by atoms with Crippen molar-refractivity contribution in [1.29, 1.82) is 0 Å². The highest BCUT2D eigenvalue weighted by Gasteiger charge is 2.05. The number of halogens is 1. The van der Waals surface area contributed by atoms with E-state index in [-0.39, 0.29) is 0 Å². The van der Waals surface area contributed by atoms with Gasteiger partial charge in [0.15, 0.2) is 0 Å². The molecule has 0 amide bonds. The van der Waals surface area contributed by atoms with Gasteiger partial charge in [0.1, 0.15) is 0 Å². The molecule has 1 rings (SSSR count). The highest BCUT2D eigenvalue weighted by molar-refractivity contribution is 9.11. The molecule has 0 aliphatic heterocycles. The van der Waals surface area contributed by atoms with Gasteiger partial charge in [0, 0.05) is 17.1 Å². The second-order valence-electron chi connectivity index (χ2n) is 3.69. The van der Waals surface area contributed by atoms with E-state index in [0.29, 0.717) is 6.04 Å². The van der Waals surface area contributed by atoms with Crippen LogP contribution in [0.4, 0.5) is 0 Å². The molecule has 2 heteroatoms. The Hall–Kier alpha value is -0.600. The normalized spacial score (nSPS) is 12.4. The third-order valence-corrected chi connectivity index (χ3v) is 2.68. The van der Waals surface area contributed by atoms with E-state index in [9.17, 15) is 0 Å². The zero-order chi connectivity index (χ0) is 11.1. The molecule has 0 heterocycles. The van der Waals surface area contributed by atoms with Crippen molar-refractivity contribution >= 4 is 15.9 Å². The summed E-state index contributed by atoms with van der Waals surface area (Å²) in [6.07, 6.45) is 2.22. The van der Waals surface area contributed by atoms with Crippen LogP contribution in [-0.2, 0) is 6.42 Å². The number of rotatable bonds is 6. The Morgan fingerprint density at radius 3 is 2.60 bits per heavy atom. The molecule has 0 saturated carbocycles. The average molecular weight is 268 g/mol. The van der Waals surface area contributed by atoms with Crippen LogP contribution >= 0.6 is 15.9 Å². The topological polar surface area (TPSA) is 12.0 Å². The zero-order valence-corrected chi connectivity index (χ0v) is 10.8. The number of hydrogen-bond donors (Lipinski definition) is 1. The molecule has 1 N–H and O–H groups in total. The molecular formula is C13H18BrN. The number of hydrogen-bond acceptors (Lipinski definition) is 1. The van der Waals surface area contributed by atoms with Gasteiger partial charge in [0.25, 0.3) is 0 Å². The molecular weight excluding hydrogens is 250 g/mol. The van der Waals surface area contributed by atoms with Gasteiger partial charge >= 0.3 is 0 Å². The summed E-state index contributed by atoms with van der Waals surface area (Å²) in [5.41, 5.74) is 1.39. The summed E-state index contributed by atoms with van der Waals surface area (Å²) in [6.45, 7) is 6.87. The van der Waals surface area contributed by atoms with Crippen molar-refractivity contribution in [3.05, 3.63) is 47.0 Å². The van der Waals surface area contributed by atoms with Crippen molar-refractivity contribution in [1.82, 2.24) is 5.32 Å². The van der Waals surface area contributed by atoms with E-state index in [1.165, 1.54) is 5.56 Å². The maximum absolute atomic E-state index is 3.82. The van der Waals surface area contributed by atoms with Crippen LogP contribution < -0.4 is 5.32 Å². The van der Waals surface area contributed by atoms with Gasteiger partial charge in [0.05, 0.1) is 0 Å². The third kappa shape index (κ3) is 5.14. The zero-order valence-electron chi connectivity index (χ0n) is 9.17. The average Bonchev–Trinajstić information content (AvgIpc) is 2.25. The van der Waals surface area contributed by atoms with E-state index < -0.39 is 0 Å². The van der Waals surface area contributed by atoms with E-state index in [1.54, 1.807) is 0 Å². The Morgan fingerprint density at radius 2 is 2.07 bits per heavy atom. The van der Waals surface area contributed by atoms with Crippen LogP contribution in [0.2, 0.25) is 0 Å². The van der Waals surface area contributed by atoms with Crippen molar-refractivity contribution in [3.63, 3.8) is 0 Å². The van der Waals surface area contributed by atoms with Crippen LogP contribution in [0.5, 0.6) is 0 Å². The summed E-state index contributed by atoms with van der Waals surface area (Å²) < 4.78 is 1.01. The molecule has 0 radical (unpaired) electrons. The molecule has 1 unspecified atom stereocenters. The summed E-state index contributed by atoms with van der Waals surface area (Å²) in [5.74, 6) is 0. The highest BCUT2D eigenvalue weighted by Crippen LogP contribution is 2.06. The fraction of sp³-hybridized carbons (Fsp3) is 0.385. The largest absolute Gasteiger partial charge is 0.309 e. The van der Waals surface area contributed by atoms with E-state index >= 15 is 0 Å². The summed E-state index contributed by atoms with van der Waals surface area (Å²) in [4.78, 5) is 0. The van der Waals surface area contributed by atoms with Crippen LogP contribution in [0.3, 0.4) is 0 Å². The van der Waals surface area contributed by atoms with Gasteiger partial charge < -0.3 is 5.32 Å². The monoisotopic (exact) mass is 267 g/mol. The molecule has 0 aliphatic rings. The minimum Gasteiger partial charge on any atom is -0.309 e. The molecule has 1 nitrogen and oxygen atoms in total. The van der Waals surface area contributed by atoms with Crippen molar-refractivity contribution in [2.24, 2.45) is 0 Å². The molecule has 0 spiro atoms. The van der Waals surface area contributed by atoms with Crippen molar-refractivity contribution < 1.29 is 0 Å². The maximum atomic E-state index is 3.82. The molecule has 15 heavy (non-hydrogen) atoms. The number of benzene rings is 1. The third-order valence-electron chi connectivity index (χ3n) is 2.40. The Morgan fingerprint density at radius 1 is 1.40 bits per heavy atom. The minimum atomic E-state index is 0.529. The summed E-state index contributed by atoms with van der Waals surface area (Å²) in [7, 11) is 0. The second-order valence-corrected chi connectivity index (χ2v) is 4.81. The molecule has 0 fully saturated rings. The van der Waals surface area contributed by atoms with Crippen LogP contribution in [0.15, 0.2) is 41.4 Å². The highest BCUT2D eigenvalue weighted by atomic mass is 79.9. The molecule has 0 saturated heterocycles. The fourth-order valence-corrected chi connectivity index (χ4v) is 1.68. The molecule has 0 aromatic heterocycles. The number of nitrogens with one attached hydrogen (secondary N) is 1. The van der Waals surface area contributed by atoms with Crippen LogP contribution in [0.25, 0.3) is 0 Å². The van der Waals surface area contributed by atoms with Crippen LogP contribution in [-0.4, -0.2) is 12.6 Å². The van der Waals surface area contributed by atoms with Gasteiger partial charge in [-0.3, -0.25) is 0 Å². The summed E-state index contributed by atoms with van der Waals surface area (Å²) in [6, 6.07) is 11.1. The Balaban J connectivity index is 2.43. The molecule has 1 atom stereocenters. The van der Waals surface area contributed by atoms with Gasteiger partial charge in [-0.1, -0.05) is 59.8 Å². The first-order chi connectivity index (χ1) is 7.22. The standard InChI is InChI=1S/C13H18BrN/c1-3-13(15-10-11(2)14)9-12-7-5-4-6-8-12/h4-8,13,15H,2-3,9-10H2,1H3. The van der Waals surface area contributed by atoms with Gasteiger partial charge in [-0.05, 0) is 18.4 Å². The smallest absolute Gasteiger partial charge is 0.0268 e. The Bertz CT molecular complexity index is 295. The molecule has 0 bridgehead atoms. The molecule has 1 aromatic carbocycles. The van der Waals surface area contributed by atoms with Crippen molar-refractivity contribution in [2.45, 2.75) is 25.8 Å². The second kappa shape index (κ2) is 6.81. The lowest BCUT2D eigenvalue weighted by atomic mass is 10.0. The lowest BCUT2D eigenvalue weighted by Gasteiger charge is -2.16. The Kier molecular flexibility index (Phi) is 5.66. The van der Waals surface area contributed by atoms with Crippen LogP contribution in [0, 0.1) is 0 Å². The lowest BCUT2D eigenvalue weighted by molar-refractivity contribution is 0.521. The molecule has 1 aromatic rings. The van der Waals surface area contributed by atoms with E-state index in [1.807, 2.05) is 0 Å². The van der Waals surface area contributed by atoms with E-state index in [4.69, 9.17) is 0 Å². The first-order valence-electron chi connectivity index (χ1n) is 5.33. The van der Waals surface area contributed by atoms with E-state index in [2.05, 4.69) is 65.1 Å². The summed E-state index contributed by atoms with van der Waals surface area (Å²) >= 11 is 3.36.